The lowest BCUT2D eigenvalue weighted by molar-refractivity contribution is 0.315. The molecule has 0 spiro atoms. The second-order valence-corrected chi connectivity index (χ2v) is 5.08. The lowest BCUT2D eigenvalue weighted by atomic mass is 9.96. The van der Waals surface area contributed by atoms with Crippen LogP contribution in [0.15, 0.2) is 36.4 Å². The van der Waals surface area contributed by atoms with E-state index in [-0.39, 0.29) is 0 Å². The van der Waals surface area contributed by atoms with Crippen LogP contribution >= 0.6 is 0 Å². The quantitative estimate of drug-likeness (QED) is 0.740. The number of aryl methyl sites for hydroxylation is 1. The summed E-state index contributed by atoms with van der Waals surface area (Å²) >= 11 is 0. The van der Waals surface area contributed by atoms with Gasteiger partial charge < -0.3 is 4.74 Å². The Hall–Kier alpha value is -1.76. The van der Waals surface area contributed by atoms with Crippen molar-refractivity contribution in [2.45, 2.75) is 34.1 Å². The summed E-state index contributed by atoms with van der Waals surface area (Å²) in [6.07, 6.45) is 1.04. The summed E-state index contributed by atoms with van der Waals surface area (Å²) in [5, 5.41) is 0. The molecule has 0 heterocycles. The third kappa shape index (κ3) is 2.98. The van der Waals surface area contributed by atoms with Crippen LogP contribution in [0.5, 0.6) is 5.75 Å². The van der Waals surface area contributed by atoms with Crippen molar-refractivity contribution in [3.8, 4) is 16.9 Å². The Morgan fingerprint density at radius 3 is 2.16 bits per heavy atom. The zero-order valence-electron chi connectivity index (χ0n) is 12.3. The summed E-state index contributed by atoms with van der Waals surface area (Å²) in [6.45, 7) is 9.33. The lowest BCUT2D eigenvalue weighted by Gasteiger charge is -2.14. The predicted molar refractivity (Wildman–Crippen MR) is 81.9 cm³/mol. The second-order valence-electron chi connectivity index (χ2n) is 5.08. The largest absolute Gasteiger partial charge is 0.493 e. The van der Waals surface area contributed by atoms with E-state index >= 15 is 0 Å². The molecule has 0 N–H and O–H groups in total. The van der Waals surface area contributed by atoms with Gasteiger partial charge in [0.25, 0.3) is 0 Å². The van der Waals surface area contributed by atoms with Gasteiger partial charge in [-0.05, 0) is 55.5 Å². The van der Waals surface area contributed by atoms with E-state index in [1.165, 1.54) is 27.8 Å². The molecule has 0 bridgehead atoms. The van der Waals surface area contributed by atoms with Gasteiger partial charge in [0.2, 0.25) is 0 Å². The molecule has 2 aromatic carbocycles. The fraction of sp³-hybridized carbons (Fsp3) is 0.333. The minimum atomic E-state index is 0.782. The molecular weight excluding hydrogens is 232 g/mol. The van der Waals surface area contributed by atoms with E-state index in [2.05, 4.69) is 64.1 Å². The summed E-state index contributed by atoms with van der Waals surface area (Å²) in [4.78, 5) is 0. The molecule has 0 amide bonds. The fourth-order valence-electron chi connectivity index (χ4n) is 2.21. The van der Waals surface area contributed by atoms with Gasteiger partial charge in [-0.3, -0.25) is 0 Å². The topological polar surface area (TPSA) is 9.23 Å². The van der Waals surface area contributed by atoms with Crippen molar-refractivity contribution in [3.05, 3.63) is 53.1 Å². The van der Waals surface area contributed by atoms with Gasteiger partial charge in [0.1, 0.15) is 5.75 Å². The van der Waals surface area contributed by atoms with E-state index in [1.807, 2.05) is 0 Å². The monoisotopic (exact) mass is 254 g/mol. The van der Waals surface area contributed by atoms with Crippen LogP contribution in [-0.4, -0.2) is 6.61 Å². The summed E-state index contributed by atoms with van der Waals surface area (Å²) < 4.78 is 5.78. The van der Waals surface area contributed by atoms with Crippen LogP contribution in [0.25, 0.3) is 11.1 Å². The highest BCUT2D eigenvalue weighted by Crippen LogP contribution is 2.31. The maximum Gasteiger partial charge on any atom is 0.122 e. The van der Waals surface area contributed by atoms with Crippen LogP contribution in [0.2, 0.25) is 0 Å². The Morgan fingerprint density at radius 1 is 0.842 bits per heavy atom. The Labute approximate surface area is 116 Å². The molecule has 0 saturated heterocycles. The maximum absolute atomic E-state index is 5.78. The molecule has 0 fully saturated rings. The molecule has 2 aromatic rings. The van der Waals surface area contributed by atoms with Gasteiger partial charge in [-0.15, -0.1) is 0 Å². The second kappa shape index (κ2) is 5.92. The average molecular weight is 254 g/mol. The highest BCUT2D eigenvalue weighted by molar-refractivity contribution is 5.70. The molecule has 0 aliphatic rings. The Bertz CT molecular complexity index is 553. The molecule has 0 aromatic heterocycles. The van der Waals surface area contributed by atoms with Crippen molar-refractivity contribution in [3.63, 3.8) is 0 Å². The summed E-state index contributed by atoms with van der Waals surface area (Å²) in [6, 6.07) is 12.9. The zero-order chi connectivity index (χ0) is 13.8. The van der Waals surface area contributed by atoms with Gasteiger partial charge in [0.05, 0.1) is 6.61 Å². The number of hydrogen-bond donors (Lipinski definition) is 0. The lowest BCUT2D eigenvalue weighted by Crippen LogP contribution is -1.99. The van der Waals surface area contributed by atoms with Crippen molar-refractivity contribution in [1.82, 2.24) is 0 Å². The third-order valence-corrected chi connectivity index (χ3v) is 3.56. The average Bonchev–Trinajstić information content (AvgIpc) is 2.42. The van der Waals surface area contributed by atoms with Crippen LogP contribution in [0.1, 0.15) is 30.0 Å². The van der Waals surface area contributed by atoms with Crippen LogP contribution < -0.4 is 4.74 Å². The van der Waals surface area contributed by atoms with Crippen molar-refractivity contribution < 1.29 is 4.74 Å². The highest BCUT2D eigenvalue weighted by Gasteiger charge is 2.08. The van der Waals surface area contributed by atoms with Crippen molar-refractivity contribution in [1.29, 1.82) is 0 Å². The molecule has 2 rings (SSSR count). The molecule has 1 nitrogen and oxygen atoms in total. The van der Waals surface area contributed by atoms with Gasteiger partial charge in [-0.2, -0.15) is 0 Å². The maximum atomic E-state index is 5.78. The van der Waals surface area contributed by atoms with Gasteiger partial charge in [0, 0.05) is 0 Å². The summed E-state index contributed by atoms with van der Waals surface area (Å²) in [5.41, 5.74) is 6.40. The standard InChI is InChI=1S/C18H22O/c1-5-12-19-18-11-10-17(14(3)15(18)4)16-8-6-13(2)7-9-16/h6-11H,5,12H2,1-4H3. The Balaban J connectivity index is 2.38. The number of ether oxygens (including phenoxy) is 1. The Morgan fingerprint density at radius 2 is 1.53 bits per heavy atom. The minimum Gasteiger partial charge on any atom is -0.493 e. The molecule has 0 radical (unpaired) electrons. The predicted octanol–water partition coefficient (Wildman–Crippen LogP) is 5.07. The third-order valence-electron chi connectivity index (χ3n) is 3.56. The van der Waals surface area contributed by atoms with E-state index in [1.54, 1.807) is 0 Å². The molecule has 0 saturated carbocycles. The summed E-state index contributed by atoms with van der Waals surface area (Å²) in [7, 11) is 0. The smallest absolute Gasteiger partial charge is 0.122 e. The number of rotatable bonds is 4. The van der Waals surface area contributed by atoms with Gasteiger partial charge >= 0.3 is 0 Å². The SMILES string of the molecule is CCCOc1ccc(-c2ccc(C)cc2)c(C)c1C. The van der Waals surface area contributed by atoms with Crippen molar-refractivity contribution >= 4 is 0 Å². The van der Waals surface area contributed by atoms with E-state index < -0.39 is 0 Å². The molecule has 0 aliphatic carbocycles. The zero-order valence-corrected chi connectivity index (χ0v) is 12.3. The van der Waals surface area contributed by atoms with Gasteiger partial charge in [-0.25, -0.2) is 0 Å². The van der Waals surface area contributed by atoms with E-state index in [0.29, 0.717) is 0 Å². The first-order valence-corrected chi connectivity index (χ1v) is 6.93. The van der Waals surface area contributed by atoms with E-state index in [4.69, 9.17) is 4.74 Å². The van der Waals surface area contributed by atoms with Gasteiger partial charge in [0.15, 0.2) is 0 Å². The van der Waals surface area contributed by atoms with Crippen LogP contribution in [0, 0.1) is 20.8 Å². The fourth-order valence-corrected chi connectivity index (χ4v) is 2.21. The Kier molecular flexibility index (Phi) is 4.26. The molecule has 100 valence electrons. The van der Waals surface area contributed by atoms with Crippen molar-refractivity contribution in [2.24, 2.45) is 0 Å². The molecule has 0 aliphatic heterocycles. The minimum absolute atomic E-state index is 0.782. The number of hydrogen-bond acceptors (Lipinski definition) is 1. The normalized spacial score (nSPS) is 10.5. The molecule has 0 unspecified atom stereocenters. The number of benzene rings is 2. The van der Waals surface area contributed by atoms with Crippen LogP contribution in [0.3, 0.4) is 0 Å². The molecule has 19 heavy (non-hydrogen) atoms. The summed E-state index contributed by atoms with van der Waals surface area (Å²) in [5.74, 6) is 1.01. The van der Waals surface area contributed by atoms with Crippen molar-refractivity contribution in [2.75, 3.05) is 6.61 Å². The first-order valence-electron chi connectivity index (χ1n) is 6.93. The first-order chi connectivity index (χ1) is 9.13. The van der Waals surface area contributed by atoms with Gasteiger partial charge in [-0.1, -0.05) is 42.8 Å². The van der Waals surface area contributed by atoms with E-state index in [0.717, 1.165) is 18.8 Å². The molecular formula is C18H22O. The van der Waals surface area contributed by atoms with E-state index in [9.17, 15) is 0 Å². The first kappa shape index (κ1) is 13.7. The van der Waals surface area contributed by atoms with Crippen LogP contribution in [0.4, 0.5) is 0 Å². The van der Waals surface area contributed by atoms with Crippen LogP contribution in [-0.2, 0) is 0 Å². The molecule has 0 atom stereocenters. The highest BCUT2D eigenvalue weighted by atomic mass is 16.5. The molecule has 1 heteroatoms.